The Morgan fingerprint density at radius 2 is 1.86 bits per heavy atom. The molecule has 1 N–H and O–H groups in total. The lowest BCUT2D eigenvalue weighted by atomic mass is 10.1. The predicted octanol–water partition coefficient (Wildman–Crippen LogP) is 4.54. The van der Waals surface area contributed by atoms with Crippen LogP contribution in [0.2, 0.25) is 5.02 Å². The number of hydrogen-bond acceptors (Lipinski definition) is 3. The lowest BCUT2D eigenvalue weighted by molar-refractivity contribution is 0.0700. The van der Waals surface area contributed by atoms with Gasteiger partial charge in [-0.25, -0.2) is 9.78 Å². The highest BCUT2D eigenvalue weighted by Crippen LogP contribution is 2.32. The molecule has 4 nitrogen and oxygen atoms in total. The molecular formula is C16H15ClN2O2S. The SMILES string of the molecule is CCc1c(-c2ccc(Cl)cc2)nc2sc(C(=O)O)c(CC)n12. The van der Waals surface area contributed by atoms with Crippen molar-refractivity contribution in [2.45, 2.75) is 26.7 Å². The van der Waals surface area contributed by atoms with E-state index in [2.05, 4.69) is 11.9 Å². The number of halogens is 1. The van der Waals surface area contributed by atoms with Gasteiger partial charge >= 0.3 is 5.97 Å². The van der Waals surface area contributed by atoms with Crippen LogP contribution in [-0.2, 0) is 12.8 Å². The average molecular weight is 335 g/mol. The number of rotatable bonds is 4. The minimum absolute atomic E-state index is 0.377. The zero-order valence-corrected chi connectivity index (χ0v) is 13.8. The molecule has 0 amide bonds. The molecule has 2 aromatic heterocycles. The summed E-state index contributed by atoms with van der Waals surface area (Å²) in [4.78, 5) is 17.2. The first-order valence-corrected chi connectivity index (χ1v) is 8.28. The Morgan fingerprint density at radius 3 is 2.41 bits per heavy atom. The third-order valence-corrected chi connectivity index (χ3v) is 4.97. The largest absolute Gasteiger partial charge is 0.477 e. The summed E-state index contributed by atoms with van der Waals surface area (Å²) in [7, 11) is 0. The van der Waals surface area contributed by atoms with Crippen LogP contribution in [0.3, 0.4) is 0 Å². The first-order chi connectivity index (χ1) is 10.6. The van der Waals surface area contributed by atoms with Crippen LogP contribution in [0.1, 0.15) is 34.9 Å². The standard InChI is InChI=1S/C16H15ClN2O2S/c1-3-11-13(9-5-7-10(17)8-6-9)18-16-19(11)12(4-2)14(22-16)15(20)21/h5-8H,3-4H2,1-2H3,(H,20,21). The van der Waals surface area contributed by atoms with Crippen LogP contribution < -0.4 is 0 Å². The molecule has 0 radical (unpaired) electrons. The summed E-state index contributed by atoms with van der Waals surface area (Å²) in [5.74, 6) is -0.887. The molecule has 0 spiro atoms. The Bertz CT molecular complexity index is 849. The minimum Gasteiger partial charge on any atom is -0.477 e. The van der Waals surface area contributed by atoms with Crippen molar-refractivity contribution in [1.82, 2.24) is 9.38 Å². The third-order valence-electron chi connectivity index (χ3n) is 3.65. The van der Waals surface area contributed by atoms with Crippen LogP contribution in [-0.4, -0.2) is 20.5 Å². The molecule has 0 saturated heterocycles. The summed E-state index contributed by atoms with van der Waals surface area (Å²) in [6, 6.07) is 7.57. The van der Waals surface area contributed by atoms with Crippen LogP contribution in [0.4, 0.5) is 0 Å². The lowest BCUT2D eigenvalue weighted by Gasteiger charge is -2.05. The second-order valence-electron chi connectivity index (χ2n) is 4.92. The summed E-state index contributed by atoms with van der Waals surface area (Å²) in [6.07, 6.45) is 1.44. The molecule has 22 heavy (non-hydrogen) atoms. The van der Waals surface area contributed by atoms with E-state index in [9.17, 15) is 9.90 Å². The molecule has 0 aliphatic carbocycles. The van der Waals surface area contributed by atoms with Crippen LogP contribution in [0, 0.1) is 0 Å². The molecule has 1 aromatic carbocycles. The second kappa shape index (κ2) is 5.74. The number of carboxylic acids is 1. The van der Waals surface area contributed by atoms with E-state index in [1.807, 2.05) is 35.6 Å². The van der Waals surface area contributed by atoms with Gasteiger partial charge in [-0.15, -0.1) is 0 Å². The lowest BCUT2D eigenvalue weighted by Crippen LogP contribution is -2.02. The normalized spacial score (nSPS) is 11.2. The Labute approximate surface area is 137 Å². The van der Waals surface area contributed by atoms with Crippen LogP contribution in [0.15, 0.2) is 24.3 Å². The van der Waals surface area contributed by atoms with Gasteiger partial charge in [0.25, 0.3) is 0 Å². The molecule has 6 heteroatoms. The van der Waals surface area contributed by atoms with Gasteiger partial charge in [0, 0.05) is 16.3 Å². The first-order valence-electron chi connectivity index (χ1n) is 7.09. The van der Waals surface area contributed by atoms with Gasteiger partial charge < -0.3 is 5.11 Å². The molecule has 0 unspecified atom stereocenters. The van der Waals surface area contributed by atoms with Gasteiger partial charge in [0.2, 0.25) is 0 Å². The molecule has 0 aliphatic rings. The highest BCUT2D eigenvalue weighted by molar-refractivity contribution is 7.19. The maximum atomic E-state index is 11.4. The van der Waals surface area contributed by atoms with Crippen molar-refractivity contribution < 1.29 is 9.90 Å². The van der Waals surface area contributed by atoms with Crippen molar-refractivity contribution in [3.8, 4) is 11.3 Å². The van der Waals surface area contributed by atoms with Crippen LogP contribution >= 0.6 is 22.9 Å². The number of fused-ring (bicyclic) bond motifs is 1. The van der Waals surface area contributed by atoms with E-state index in [0.29, 0.717) is 16.3 Å². The van der Waals surface area contributed by atoms with Crippen molar-refractivity contribution in [1.29, 1.82) is 0 Å². The van der Waals surface area contributed by atoms with Gasteiger partial charge in [-0.3, -0.25) is 4.40 Å². The molecule has 0 bridgehead atoms. The average Bonchev–Trinajstić information content (AvgIpc) is 3.03. The number of hydrogen-bond donors (Lipinski definition) is 1. The topological polar surface area (TPSA) is 54.6 Å². The van der Waals surface area contributed by atoms with Crippen molar-refractivity contribution in [2.24, 2.45) is 0 Å². The quantitative estimate of drug-likeness (QED) is 0.762. The Balaban J connectivity index is 2.27. The maximum Gasteiger partial charge on any atom is 0.347 e. The van der Waals surface area contributed by atoms with Crippen LogP contribution in [0.25, 0.3) is 16.2 Å². The fourth-order valence-electron chi connectivity index (χ4n) is 2.68. The number of aryl methyl sites for hydroxylation is 2. The zero-order chi connectivity index (χ0) is 15.9. The number of carbonyl (C=O) groups is 1. The fourth-order valence-corrected chi connectivity index (χ4v) is 3.88. The van der Waals surface area contributed by atoms with Crippen LogP contribution in [0.5, 0.6) is 0 Å². The van der Waals surface area contributed by atoms with Crippen molar-refractivity contribution in [3.05, 3.63) is 45.6 Å². The zero-order valence-electron chi connectivity index (χ0n) is 12.3. The molecular weight excluding hydrogens is 320 g/mol. The first kappa shape index (κ1) is 15.1. The van der Waals surface area contributed by atoms with E-state index < -0.39 is 5.97 Å². The summed E-state index contributed by atoms with van der Waals surface area (Å²) >= 11 is 7.18. The van der Waals surface area contributed by atoms with Gasteiger partial charge in [0.15, 0.2) is 4.96 Å². The highest BCUT2D eigenvalue weighted by Gasteiger charge is 2.22. The van der Waals surface area contributed by atoms with Gasteiger partial charge in [0.1, 0.15) is 4.88 Å². The van der Waals surface area contributed by atoms with E-state index >= 15 is 0 Å². The van der Waals surface area contributed by atoms with Gasteiger partial charge in [-0.2, -0.15) is 0 Å². The molecule has 0 fully saturated rings. The molecule has 0 aliphatic heterocycles. The molecule has 0 atom stereocenters. The summed E-state index contributed by atoms with van der Waals surface area (Å²) < 4.78 is 2.00. The minimum atomic E-state index is -0.887. The number of nitrogens with zero attached hydrogens (tertiary/aromatic N) is 2. The van der Waals surface area contributed by atoms with Crippen molar-refractivity contribution >= 4 is 33.9 Å². The molecule has 2 heterocycles. The van der Waals surface area contributed by atoms with Crippen molar-refractivity contribution in [3.63, 3.8) is 0 Å². The number of thiazole rings is 1. The smallest absolute Gasteiger partial charge is 0.347 e. The number of imidazole rings is 1. The molecule has 114 valence electrons. The van der Waals surface area contributed by atoms with E-state index in [1.165, 1.54) is 11.3 Å². The second-order valence-corrected chi connectivity index (χ2v) is 6.34. The highest BCUT2D eigenvalue weighted by atomic mass is 35.5. The predicted molar refractivity (Wildman–Crippen MR) is 89.2 cm³/mol. The maximum absolute atomic E-state index is 11.4. The number of aromatic nitrogens is 2. The number of carboxylic acid groups (broad SMARTS) is 1. The molecule has 3 aromatic rings. The Kier molecular flexibility index (Phi) is 3.93. The van der Waals surface area contributed by atoms with Gasteiger partial charge in [0.05, 0.1) is 11.4 Å². The monoisotopic (exact) mass is 334 g/mol. The summed E-state index contributed by atoms with van der Waals surface area (Å²) in [6.45, 7) is 4.02. The van der Waals surface area contributed by atoms with Gasteiger partial charge in [-0.1, -0.05) is 48.9 Å². The summed E-state index contributed by atoms with van der Waals surface area (Å²) in [5, 5.41) is 10.0. The Morgan fingerprint density at radius 1 is 1.23 bits per heavy atom. The fraction of sp³-hybridized carbons (Fsp3) is 0.250. The number of benzene rings is 1. The molecule has 3 rings (SSSR count). The molecule has 0 saturated carbocycles. The van der Waals surface area contributed by atoms with E-state index in [-0.39, 0.29) is 0 Å². The van der Waals surface area contributed by atoms with Gasteiger partial charge in [-0.05, 0) is 25.0 Å². The van der Waals surface area contributed by atoms with Crippen molar-refractivity contribution in [2.75, 3.05) is 0 Å². The number of aromatic carboxylic acids is 1. The van der Waals surface area contributed by atoms with E-state index in [0.717, 1.165) is 34.0 Å². The van der Waals surface area contributed by atoms with E-state index in [4.69, 9.17) is 11.6 Å². The summed E-state index contributed by atoms with van der Waals surface area (Å²) in [5.41, 5.74) is 3.75. The third kappa shape index (κ3) is 2.30. The Hall–Kier alpha value is -1.85. The van der Waals surface area contributed by atoms with E-state index in [1.54, 1.807) is 0 Å².